The number of hydrogen-bond acceptors (Lipinski definition) is 2. The molecule has 2 nitrogen and oxygen atoms in total. The van der Waals surface area contributed by atoms with Crippen molar-refractivity contribution in [2.75, 3.05) is 0 Å². The normalized spacial score (nSPS) is 45.2. The molecule has 0 radical (unpaired) electrons. The maximum absolute atomic E-state index is 12.2. The van der Waals surface area contributed by atoms with Gasteiger partial charge in [-0.1, -0.05) is 46.3 Å². The average molecular weight is 401 g/mol. The molecule has 4 aliphatic carbocycles. The minimum absolute atomic E-state index is 0.106. The van der Waals surface area contributed by atoms with Crippen LogP contribution in [0.5, 0.6) is 0 Å². The first-order valence-corrected chi connectivity index (χ1v) is 12.6. The first-order valence-electron chi connectivity index (χ1n) is 12.6. The molecule has 0 aliphatic heterocycles. The van der Waals surface area contributed by atoms with E-state index in [0.29, 0.717) is 22.5 Å². The fourth-order valence-electron chi connectivity index (χ4n) is 8.48. The molecule has 0 spiro atoms. The highest BCUT2D eigenvalue weighted by molar-refractivity contribution is 5.80. The van der Waals surface area contributed by atoms with Crippen molar-refractivity contribution in [3.05, 3.63) is 11.6 Å². The Morgan fingerprint density at radius 3 is 2.59 bits per heavy atom. The highest BCUT2D eigenvalue weighted by Gasteiger charge is 2.59. The van der Waals surface area contributed by atoms with Gasteiger partial charge in [-0.2, -0.15) is 0 Å². The molecule has 0 aromatic rings. The Bertz CT molecular complexity index is 663. The van der Waals surface area contributed by atoms with Crippen LogP contribution in [0.2, 0.25) is 0 Å². The molecule has 0 saturated heterocycles. The third-order valence-electron chi connectivity index (χ3n) is 10.3. The topological polar surface area (TPSA) is 37.3 Å². The molecule has 3 saturated carbocycles. The molecule has 164 valence electrons. The van der Waals surface area contributed by atoms with Crippen molar-refractivity contribution in [3.8, 4) is 0 Å². The van der Waals surface area contributed by atoms with E-state index in [1.54, 1.807) is 5.57 Å². The number of rotatable bonds is 5. The van der Waals surface area contributed by atoms with Gasteiger partial charge in [-0.25, -0.2) is 0 Å². The summed E-state index contributed by atoms with van der Waals surface area (Å²) in [5, 5.41) is 10.2. The van der Waals surface area contributed by atoms with E-state index in [0.717, 1.165) is 49.4 Å². The van der Waals surface area contributed by atoms with Crippen molar-refractivity contribution < 1.29 is 9.90 Å². The first kappa shape index (κ1) is 21.6. The van der Waals surface area contributed by atoms with E-state index in [9.17, 15) is 9.90 Å². The van der Waals surface area contributed by atoms with Crippen molar-refractivity contribution in [1.29, 1.82) is 0 Å². The van der Waals surface area contributed by atoms with Gasteiger partial charge in [0.05, 0.1) is 6.10 Å². The summed E-state index contributed by atoms with van der Waals surface area (Å²) in [6.07, 6.45) is 14.1. The lowest BCUT2D eigenvalue weighted by Crippen LogP contribution is -2.50. The number of aliphatic hydroxyl groups excluding tert-OH is 1. The van der Waals surface area contributed by atoms with E-state index < -0.39 is 0 Å². The summed E-state index contributed by atoms with van der Waals surface area (Å²) in [5.74, 6) is 4.60. The molecule has 2 heteroatoms. The van der Waals surface area contributed by atoms with Gasteiger partial charge in [0.1, 0.15) is 5.78 Å². The highest BCUT2D eigenvalue weighted by Crippen LogP contribution is 2.67. The third-order valence-corrected chi connectivity index (χ3v) is 10.3. The molecule has 0 aromatic carbocycles. The fourth-order valence-corrected chi connectivity index (χ4v) is 8.48. The summed E-state index contributed by atoms with van der Waals surface area (Å²) in [6, 6.07) is 0. The maximum Gasteiger partial charge on any atom is 0.135 e. The Morgan fingerprint density at radius 2 is 1.86 bits per heavy atom. The zero-order valence-corrected chi connectivity index (χ0v) is 19.5. The Hall–Kier alpha value is -0.630. The smallest absolute Gasteiger partial charge is 0.135 e. The second-order valence-corrected chi connectivity index (χ2v) is 12.0. The summed E-state index contributed by atoms with van der Waals surface area (Å²) in [7, 11) is 0. The van der Waals surface area contributed by atoms with Crippen LogP contribution in [-0.4, -0.2) is 17.0 Å². The van der Waals surface area contributed by atoms with Crippen molar-refractivity contribution >= 4 is 5.78 Å². The molecule has 1 unspecified atom stereocenters. The molecule has 0 heterocycles. The summed E-state index contributed by atoms with van der Waals surface area (Å²) in [6.45, 7) is 11.6. The fraction of sp³-hybridized carbons (Fsp3) is 0.889. The Labute approximate surface area is 178 Å². The van der Waals surface area contributed by atoms with Crippen molar-refractivity contribution in [2.45, 2.75) is 105 Å². The average Bonchev–Trinajstić information content (AvgIpc) is 3.03. The molecule has 0 amide bonds. The predicted molar refractivity (Wildman–Crippen MR) is 119 cm³/mol. The van der Waals surface area contributed by atoms with E-state index in [-0.39, 0.29) is 12.0 Å². The van der Waals surface area contributed by atoms with Gasteiger partial charge in [-0.05, 0) is 98.2 Å². The van der Waals surface area contributed by atoms with Crippen molar-refractivity contribution in [2.24, 2.45) is 46.3 Å². The molecule has 4 aliphatic rings. The third kappa shape index (κ3) is 3.56. The van der Waals surface area contributed by atoms with Crippen LogP contribution in [0.1, 0.15) is 98.8 Å². The minimum Gasteiger partial charge on any atom is -0.393 e. The molecule has 1 N–H and O–H groups in total. The molecule has 29 heavy (non-hydrogen) atoms. The molecular formula is C27H44O2. The van der Waals surface area contributed by atoms with Gasteiger partial charge in [-0.15, -0.1) is 0 Å². The molecule has 4 rings (SSSR count). The summed E-state index contributed by atoms with van der Waals surface area (Å²) >= 11 is 0. The van der Waals surface area contributed by atoms with E-state index in [1.807, 2.05) is 13.8 Å². The van der Waals surface area contributed by atoms with Gasteiger partial charge in [0.15, 0.2) is 0 Å². The zero-order valence-electron chi connectivity index (χ0n) is 19.5. The Kier molecular flexibility index (Phi) is 5.82. The lowest BCUT2D eigenvalue weighted by molar-refractivity contribution is -0.122. The molecule has 3 fully saturated rings. The van der Waals surface area contributed by atoms with Crippen LogP contribution in [0, 0.1) is 46.3 Å². The van der Waals surface area contributed by atoms with Crippen LogP contribution in [0.15, 0.2) is 11.6 Å². The number of ketones is 1. The van der Waals surface area contributed by atoms with E-state index >= 15 is 0 Å². The van der Waals surface area contributed by atoms with Gasteiger partial charge >= 0.3 is 0 Å². The van der Waals surface area contributed by atoms with E-state index in [4.69, 9.17) is 0 Å². The van der Waals surface area contributed by atoms with E-state index in [1.165, 1.54) is 38.5 Å². The number of carbonyl (C=O) groups is 1. The number of Topliss-reactive ketones (excluding diaryl/α,β-unsaturated/α-hetero) is 1. The summed E-state index contributed by atoms with van der Waals surface area (Å²) in [4.78, 5) is 12.2. The summed E-state index contributed by atoms with van der Waals surface area (Å²) < 4.78 is 0. The lowest BCUT2D eigenvalue weighted by atomic mass is 9.47. The number of hydrogen-bond donors (Lipinski definition) is 1. The van der Waals surface area contributed by atoms with Crippen LogP contribution >= 0.6 is 0 Å². The number of fused-ring (bicyclic) bond motifs is 5. The SMILES string of the molecule is CC(C)C(=O)CCC(C)[C@H]1CC[C@H]2[C@@H]3CC=C4C[C@H](O)CC[C@]4(C)[C@H]3CC[C@]12C. The zero-order chi connectivity index (χ0) is 21.0. The second kappa shape index (κ2) is 7.81. The monoisotopic (exact) mass is 400 g/mol. The number of aliphatic hydroxyl groups is 1. The van der Waals surface area contributed by atoms with Gasteiger partial charge in [0.2, 0.25) is 0 Å². The van der Waals surface area contributed by atoms with Gasteiger partial charge in [0.25, 0.3) is 0 Å². The highest BCUT2D eigenvalue weighted by atomic mass is 16.3. The van der Waals surface area contributed by atoms with Crippen LogP contribution in [0.4, 0.5) is 0 Å². The van der Waals surface area contributed by atoms with Crippen LogP contribution in [0.25, 0.3) is 0 Å². The maximum atomic E-state index is 12.2. The minimum atomic E-state index is -0.106. The van der Waals surface area contributed by atoms with Gasteiger partial charge in [0, 0.05) is 12.3 Å². The van der Waals surface area contributed by atoms with Gasteiger partial charge < -0.3 is 5.11 Å². The van der Waals surface area contributed by atoms with Crippen LogP contribution < -0.4 is 0 Å². The number of allylic oxidation sites excluding steroid dienone is 1. The summed E-state index contributed by atoms with van der Waals surface area (Å²) in [5.41, 5.74) is 2.39. The van der Waals surface area contributed by atoms with Crippen LogP contribution in [-0.2, 0) is 4.79 Å². The molecule has 0 bridgehead atoms. The quantitative estimate of drug-likeness (QED) is 0.530. The first-order chi connectivity index (χ1) is 13.7. The van der Waals surface area contributed by atoms with Crippen molar-refractivity contribution in [1.82, 2.24) is 0 Å². The van der Waals surface area contributed by atoms with Crippen LogP contribution in [0.3, 0.4) is 0 Å². The second-order valence-electron chi connectivity index (χ2n) is 12.0. The van der Waals surface area contributed by atoms with Crippen molar-refractivity contribution in [3.63, 3.8) is 0 Å². The number of carbonyl (C=O) groups excluding carboxylic acids is 1. The standard InChI is InChI=1S/C27H44O2/c1-17(2)25(29)11-6-18(3)22-9-10-23-21-8-7-19-16-20(28)12-14-26(19,4)24(21)13-15-27(22,23)5/h7,17-18,20-24,28H,6,8-16H2,1-5H3/t18?,20-,21+,22-,23+,24+,26+,27-/m1/s1. The predicted octanol–water partition coefficient (Wildman–Crippen LogP) is 6.57. The van der Waals surface area contributed by atoms with E-state index in [2.05, 4.69) is 26.8 Å². The largest absolute Gasteiger partial charge is 0.393 e. The Balaban J connectivity index is 1.49. The lowest BCUT2D eigenvalue weighted by Gasteiger charge is -2.58. The molecular weight excluding hydrogens is 356 g/mol. The molecule has 0 aromatic heterocycles. The van der Waals surface area contributed by atoms with Gasteiger partial charge in [-0.3, -0.25) is 4.79 Å². The molecule has 8 atom stereocenters. The Morgan fingerprint density at radius 1 is 1.10 bits per heavy atom.